The summed E-state index contributed by atoms with van der Waals surface area (Å²) in [5.41, 5.74) is 5.44. The standard InChI is InChI=1S/C24H28N4O2/c1-4-5-24-26-14-18-16-28(11-10-21(18)27-24)15-17-6-8-22(25-13-17)20-12-19(29-2)7-9-23(20)30-3/h6-9,12-14H,4-5,10-11,15-16H2,1-3H3. The third kappa shape index (κ3) is 4.44. The van der Waals surface area contributed by atoms with Gasteiger partial charge in [0.05, 0.1) is 19.9 Å². The lowest BCUT2D eigenvalue weighted by atomic mass is 10.1. The van der Waals surface area contributed by atoms with Gasteiger partial charge < -0.3 is 9.47 Å². The van der Waals surface area contributed by atoms with Gasteiger partial charge in [-0.1, -0.05) is 13.0 Å². The highest BCUT2D eigenvalue weighted by molar-refractivity contribution is 5.69. The molecule has 4 rings (SSSR count). The van der Waals surface area contributed by atoms with Crippen molar-refractivity contribution >= 4 is 0 Å². The van der Waals surface area contributed by atoms with Gasteiger partial charge in [-0.3, -0.25) is 9.88 Å². The summed E-state index contributed by atoms with van der Waals surface area (Å²) in [5, 5.41) is 0. The van der Waals surface area contributed by atoms with Crippen molar-refractivity contribution in [1.82, 2.24) is 19.9 Å². The van der Waals surface area contributed by atoms with Gasteiger partial charge in [0.2, 0.25) is 0 Å². The van der Waals surface area contributed by atoms with E-state index in [0.717, 1.165) is 67.5 Å². The molecule has 0 fully saturated rings. The fourth-order valence-electron chi connectivity index (χ4n) is 3.84. The minimum Gasteiger partial charge on any atom is -0.497 e. The summed E-state index contributed by atoms with van der Waals surface area (Å²) in [4.78, 5) is 16.4. The van der Waals surface area contributed by atoms with Crippen molar-refractivity contribution in [3.63, 3.8) is 0 Å². The molecule has 3 aromatic rings. The average molecular weight is 405 g/mol. The van der Waals surface area contributed by atoms with Gasteiger partial charge in [-0.25, -0.2) is 9.97 Å². The van der Waals surface area contributed by atoms with Crippen molar-refractivity contribution in [2.24, 2.45) is 0 Å². The van der Waals surface area contributed by atoms with E-state index in [1.54, 1.807) is 14.2 Å². The van der Waals surface area contributed by atoms with Gasteiger partial charge >= 0.3 is 0 Å². The quantitative estimate of drug-likeness (QED) is 0.592. The van der Waals surface area contributed by atoms with Crippen molar-refractivity contribution in [3.05, 3.63) is 65.4 Å². The average Bonchev–Trinajstić information content (AvgIpc) is 2.79. The van der Waals surface area contributed by atoms with Crippen molar-refractivity contribution in [2.75, 3.05) is 20.8 Å². The predicted octanol–water partition coefficient (Wildman–Crippen LogP) is 4.07. The van der Waals surface area contributed by atoms with Crippen LogP contribution in [0.25, 0.3) is 11.3 Å². The van der Waals surface area contributed by atoms with E-state index in [0.29, 0.717) is 0 Å². The first kappa shape index (κ1) is 20.3. The summed E-state index contributed by atoms with van der Waals surface area (Å²) in [5.74, 6) is 2.54. The lowest BCUT2D eigenvalue weighted by molar-refractivity contribution is 0.242. The summed E-state index contributed by atoms with van der Waals surface area (Å²) >= 11 is 0. The smallest absolute Gasteiger partial charge is 0.128 e. The summed E-state index contributed by atoms with van der Waals surface area (Å²) in [6.07, 6.45) is 6.96. The Morgan fingerprint density at radius 3 is 2.67 bits per heavy atom. The van der Waals surface area contributed by atoms with Crippen LogP contribution in [0.5, 0.6) is 11.5 Å². The SMILES string of the molecule is CCCc1ncc2c(n1)CCN(Cc1ccc(-c3cc(OC)ccc3OC)nc1)C2. The molecule has 1 aliphatic heterocycles. The number of hydrogen-bond donors (Lipinski definition) is 0. The van der Waals surface area contributed by atoms with Crippen LogP contribution in [0.4, 0.5) is 0 Å². The molecule has 0 atom stereocenters. The maximum Gasteiger partial charge on any atom is 0.128 e. The number of ether oxygens (including phenoxy) is 2. The highest BCUT2D eigenvalue weighted by Gasteiger charge is 2.19. The zero-order valence-corrected chi connectivity index (χ0v) is 17.9. The molecule has 30 heavy (non-hydrogen) atoms. The number of methoxy groups -OCH3 is 2. The van der Waals surface area contributed by atoms with Crippen LogP contribution in [-0.4, -0.2) is 40.6 Å². The minimum absolute atomic E-state index is 0.783. The fourth-order valence-corrected chi connectivity index (χ4v) is 3.84. The Balaban J connectivity index is 1.46. The second-order valence-electron chi connectivity index (χ2n) is 7.59. The number of aromatic nitrogens is 3. The van der Waals surface area contributed by atoms with Crippen LogP contribution < -0.4 is 9.47 Å². The molecule has 1 aromatic carbocycles. The number of nitrogens with zero attached hydrogens (tertiary/aromatic N) is 4. The Labute approximate surface area is 177 Å². The zero-order valence-electron chi connectivity index (χ0n) is 17.9. The van der Waals surface area contributed by atoms with E-state index in [2.05, 4.69) is 27.9 Å². The predicted molar refractivity (Wildman–Crippen MR) is 117 cm³/mol. The van der Waals surface area contributed by atoms with Gasteiger partial charge in [0.25, 0.3) is 0 Å². The van der Waals surface area contributed by atoms with Gasteiger partial charge in [-0.2, -0.15) is 0 Å². The Morgan fingerprint density at radius 2 is 1.93 bits per heavy atom. The number of hydrogen-bond acceptors (Lipinski definition) is 6. The molecule has 0 bridgehead atoms. The molecular formula is C24H28N4O2. The molecule has 0 saturated heterocycles. The molecule has 0 aliphatic carbocycles. The van der Waals surface area contributed by atoms with Crippen LogP contribution in [0.2, 0.25) is 0 Å². The van der Waals surface area contributed by atoms with Crippen LogP contribution in [0.1, 0.15) is 36.0 Å². The normalized spacial score (nSPS) is 13.7. The molecule has 0 amide bonds. The summed E-state index contributed by atoms with van der Waals surface area (Å²) in [6, 6.07) is 9.93. The first-order chi connectivity index (χ1) is 14.7. The molecule has 0 unspecified atom stereocenters. The summed E-state index contributed by atoms with van der Waals surface area (Å²) in [6.45, 7) is 4.90. The zero-order chi connectivity index (χ0) is 20.9. The molecule has 0 N–H and O–H groups in total. The third-order valence-corrected chi connectivity index (χ3v) is 5.45. The monoisotopic (exact) mass is 404 g/mol. The van der Waals surface area contributed by atoms with E-state index in [-0.39, 0.29) is 0 Å². The Hall–Kier alpha value is -2.99. The number of pyridine rings is 1. The second kappa shape index (κ2) is 9.22. The molecule has 6 heteroatoms. The highest BCUT2D eigenvalue weighted by Crippen LogP contribution is 2.32. The summed E-state index contributed by atoms with van der Waals surface area (Å²) in [7, 11) is 3.33. The van der Waals surface area contributed by atoms with Crippen molar-refractivity contribution in [3.8, 4) is 22.8 Å². The van der Waals surface area contributed by atoms with Crippen LogP contribution in [0.3, 0.4) is 0 Å². The molecule has 6 nitrogen and oxygen atoms in total. The van der Waals surface area contributed by atoms with Crippen molar-refractivity contribution in [2.45, 2.75) is 39.3 Å². The fraction of sp³-hybridized carbons (Fsp3) is 0.375. The van der Waals surface area contributed by atoms with Gasteiger partial charge in [0.1, 0.15) is 17.3 Å². The number of benzene rings is 1. The van der Waals surface area contributed by atoms with E-state index < -0.39 is 0 Å². The maximum absolute atomic E-state index is 5.49. The van der Waals surface area contributed by atoms with Crippen LogP contribution in [0.15, 0.2) is 42.7 Å². The lowest BCUT2D eigenvalue weighted by Crippen LogP contribution is -2.31. The van der Waals surface area contributed by atoms with E-state index >= 15 is 0 Å². The first-order valence-corrected chi connectivity index (χ1v) is 10.4. The van der Waals surface area contributed by atoms with E-state index in [1.807, 2.05) is 36.7 Å². The Morgan fingerprint density at radius 1 is 1.03 bits per heavy atom. The highest BCUT2D eigenvalue weighted by atomic mass is 16.5. The van der Waals surface area contributed by atoms with Gasteiger partial charge in [-0.05, 0) is 36.2 Å². The molecule has 3 heterocycles. The molecule has 0 saturated carbocycles. The topological polar surface area (TPSA) is 60.4 Å². The minimum atomic E-state index is 0.783. The van der Waals surface area contributed by atoms with Crippen LogP contribution in [-0.2, 0) is 25.9 Å². The lowest BCUT2D eigenvalue weighted by Gasteiger charge is -2.28. The molecule has 156 valence electrons. The molecule has 0 radical (unpaired) electrons. The van der Waals surface area contributed by atoms with Crippen molar-refractivity contribution < 1.29 is 9.47 Å². The van der Waals surface area contributed by atoms with E-state index in [9.17, 15) is 0 Å². The van der Waals surface area contributed by atoms with Gasteiger partial charge in [0, 0.05) is 61.7 Å². The molecular weight excluding hydrogens is 376 g/mol. The van der Waals surface area contributed by atoms with Crippen molar-refractivity contribution in [1.29, 1.82) is 0 Å². The van der Waals surface area contributed by atoms with E-state index in [4.69, 9.17) is 14.5 Å². The molecule has 0 spiro atoms. The van der Waals surface area contributed by atoms with Gasteiger partial charge in [0.15, 0.2) is 0 Å². The number of fused-ring (bicyclic) bond motifs is 1. The molecule has 1 aliphatic rings. The number of aryl methyl sites for hydroxylation is 1. The Bertz CT molecular complexity index is 1000. The largest absolute Gasteiger partial charge is 0.497 e. The van der Waals surface area contributed by atoms with E-state index in [1.165, 1.54) is 16.8 Å². The Kier molecular flexibility index (Phi) is 6.23. The van der Waals surface area contributed by atoms with Crippen LogP contribution in [0, 0.1) is 0 Å². The second-order valence-corrected chi connectivity index (χ2v) is 7.59. The number of rotatable bonds is 7. The molecule has 2 aromatic heterocycles. The van der Waals surface area contributed by atoms with Gasteiger partial charge in [-0.15, -0.1) is 0 Å². The summed E-state index contributed by atoms with van der Waals surface area (Å²) < 4.78 is 10.8. The first-order valence-electron chi connectivity index (χ1n) is 10.4. The van der Waals surface area contributed by atoms with Crippen LogP contribution >= 0.6 is 0 Å². The maximum atomic E-state index is 5.49. The third-order valence-electron chi connectivity index (χ3n) is 5.45.